The number of nitrogens with zero attached hydrogens (tertiary/aromatic N) is 1. The molecule has 0 radical (unpaired) electrons. The fourth-order valence-electron chi connectivity index (χ4n) is 2.57. The number of aromatic nitrogens is 1. The Morgan fingerprint density at radius 3 is 2.48 bits per heavy atom. The van der Waals surface area contributed by atoms with Crippen molar-refractivity contribution in [3.05, 3.63) is 41.3 Å². The summed E-state index contributed by atoms with van der Waals surface area (Å²) in [5, 5.41) is 5.16. The molecule has 2 aromatic rings. The lowest BCUT2D eigenvalue weighted by Crippen LogP contribution is -2.39. The monoisotopic (exact) mass is 396 g/mol. The molecule has 8 nitrogen and oxygen atoms in total. The Morgan fingerprint density at radius 1 is 1.22 bits per heavy atom. The number of nitrogens with one attached hydrogen (secondary N) is 1. The lowest BCUT2D eigenvalue weighted by molar-refractivity contribution is -0.121. The molecule has 0 aliphatic rings. The van der Waals surface area contributed by atoms with E-state index >= 15 is 0 Å². The van der Waals surface area contributed by atoms with Gasteiger partial charge >= 0.3 is 0 Å². The third-order valence-corrected chi connectivity index (χ3v) is 6.19. The highest BCUT2D eigenvalue weighted by atomic mass is 32.2. The number of hydrogen-bond donors (Lipinski definition) is 1. The van der Waals surface area contributed by atoms with Gasteiger partial charge in [-0.2, -0.15) is 0 Å². The van der Waals surface area contributed by atoms with E-state index in [9.17, 15) is 13.2 Å². The molecule has 9 heteroatoms. The Morgan fingerprint density at radius 2 is 1.93 bits per heavy atom. The van der Waals surface area contributed by atoms with Gasteiger partial charge in [0.2, 0.25) is 5.91 Å². The van der Waals surface area contributed by atoms with E-state index in [1.807, 2.05) is 0 Å². The van der Waals surface area contributed by atoms with Crippen molar-refractivity contribution in [1.29, 1.82) is 0 Å². The maximum Gasteiger partial charge on any atom is 0.238 e. The van der Waals surface area contributed by atoms with Crippen LogP contribution in [0.3, 0.4) is 0 Å². The predicted octanol–water partition coefficient (Wildman–Crippen LogP) is 2.18. The topological polar surface area (TPSA) is 108 Å². The molecule has 0 saturated heterocycles. The Hall–Kier alpha value is -2.55. The molecule has 0 bridgehead atoms. The van der Waals surface area contributed by atoms with Crippen molar-refractivity contribution >= 4 is 15.7 Å². The van der Waals surface area contributed by atoms with Crippen molar-refractivity contribution in [2.45, 2.75) is 37.8 Å². The molecule has 1 heterocycles. The first-order valence-corrected chi connectivity index (χ1v) is 10.1. The van der Waals surface area contributed by atoms with Crippen LogP contribution in [0.2, 0.25) is 0 Å². The molecule has 0 fully saturated rings. The van der Waals surface area contributed by atoms with Gasteiger partial charge in [0.05, 0.1) is 31.7 Å². The molecule has 0 saturated carbocycles. The van der Waals surface area contributed by atoms with Gasteiger partial charge in [0.15, 0.2) is 9.84 Å². The molecule has 27 heavy (non-hydrogen) atoms. The van der Waals surface area contributed by atoms with Crippen LogP contribution in [0.4, 0.5) is 0 Å². The van der Waals surface area contributed by atoms with Gasteiger partial charge in [-0.1, -0.05) is 5.16 Å². The summed E-state index contributed by atoms with van der Waals surface area (Å²) in [4.78, 5) is 12.5. The van der Waals surface area contributed by atoms with Gasteiger partial charge in [-0.05, 0) is 39.0 Å². The Balaban J connectivity index is 2.13. The molecule has 0 spiro atoms. The molecule has 148 valence electrons. The predicted molar refractivity (Wildman–Crippen MR) is 99.4 cm³/mol. The lowest BCUT2D eigenvalue weighted by atomic mass is 10.1. The van der Waals surface area contributed by atoms with Gasteiger partial charge in [0.1, 0.15) is 22.5 Å². The summed E-state index contributed by atoms with van der Waals surface area (Å²) in [6, 6.07) is 6.26. The van der Waals surface area contributed by atoms with Crippen molar-refractivity contribution in [3.63, 3.8) is 0 Å². The molecule has 1 aromatic carbocycles. The van der Waals surface area contributed by atoms with Crippen LogP contribution < -0.4 is 14.8 Å². The Bertz CT molecular complexity index is 906. The molecule has 2 rings (SSSR count). The zero-order valence-electron chi connectivity index (χ0n) is 16.0. The number of amides is 1. The molecule has 0 aliphatic carbocycles. The van der Waals surface area contributed by atoms with E-state index in [2.05, 4.69) is 10.5 Å². The number of benzene rings is 1. The first-order valence-electron chi connectivity index (χ1n) is 8.34. The average Bonchev–Trinajstić information content (AvgIpc) is 3.04. The van der Waals surface area contributed by atoms with E-state index in [1.165, 1.54) is 27.2 Å². The maximum atomic E-state index is 12.5. The van der Waals surface area contributed by atoms with Crippen molar-refractivity contribution in [2.24, 2.45) is 0 Å². The van der Waals surface area contributed by atoms with Gasteiger partial charge in [-0.15, -0.1) is 0 Å². The third kappa shape index (κ3) is 5.00. The largest absolute Gasteiger partial charge is 0.497 e. The van der Waals surface area contributed by atoms with Crippen molar-refractivity contribution in [2.75, 3.05) is 14.2 Å². The summed E-state index contributed by atoms with van der Waals surface area (Å²) >= 11 is 0. The summed E-state index contributed by atoms with van der Waals surface area (Å²) in [6.45, 7) is 4.77. The number of carbonyl (C=O) groups is 1. The van der Waals surface area contributed by atoms with Crippen LogP contribution >= 0.6 is 0 Å². The van der Waals surface area contributed by atoms with Crippen LogP contribution in [0.25, 0.3) is 0 Å². The second-order valence-corrected chi connectivity index (χ2v) is 8.54. The van der Waals surface area contributed by atoms with E-state index in [0.717, 1.165) is 0 Å². The van der Waals surface area contributed by atoms with Crippen molar-refractivity contribution < 1.29 is 27.2 Å². The zero-order valence-corrected chi connectivity index (χ0v) is 16.8. The smallest absolute Gasteiger partial charge is 0.238 e. The maximum absolute atomic E-state index is 12.5. The number of carbonyl (C=O) groups excluding carboxylic acids is 1. The van der Waals surface area contributed by atoms with Crippen molar-refractivity contribution in [3.8, 4) is 11.5 Å². The minimum atomic E-state index is -3.75. The highest BCUT2D eigenvalue weighted by molar-refractivity contribution is 7.92. The van der Waals surface area contributed by atoms with Crippen LogP contribution in [-0.4, -0.2) is 39.0 Å². The minimum absolute atomic E-state index is 0.273. The molecular formula is C18H24N2O6S. The number of hydrogen-bond acceptors (Lipinski definition) is 7. The standard InChI is InChI=1S/C18H24N2O6S/c1-11-8-14(20-26-11)10-27(22,23)13(3)18(21)19-12(2)16-9-15(24-4)6-7-17(16)25-5/h6-9,12-13H,10H2,1-5H3,(H,19,21)/t12-,13-/m0/s1. The van der Waals surface area contributed by atoms with E-state index < -0.39 is 27.0 Å². The van der Waals surface area contributed by atoms with E-state index in [4.69, 9.17) is 14.0 Å². The fourth-order valence-corrected chi connectivity index (χ4v) is 3.76. The van der Waals surface area contributed by atoms with Crippen LogP contribution in [0.15, 0.2) is 28.8 Å². The summed E-state index contributed by atoms with van der Waals surface area (Å²) in [6.07, 6.45) is 0. The number of sulfone groups is 1. The van der Waals surface area contributed by atoms with Crippen LogP contribution in [0.5, 0.6) is 11.5 Å². The van der Waals surface area contributed by atoms with Crippen LogP contribution in [0, 0.1) is 6.92 Å². The van der Waals surface area contributed by atoms with Crippen LogP contribution in [0.1, 0.15) is 36.9 Å². The quantitative estimate of drug-likeness (QED) is 0.728. The molecule has 1 amide bonds. The van der Waals surface area contributed by atoms with Gasteiger partial charge in [-0.25, -0.2) is 8.42 Å². The second-order valence-electron chi connectivity index (χ2n) is 6.22. The molecule has 0 unspecified atom stereocenters. The number of rotatable bonds is 8. The van der Waals surface area contributed by atoms with Gasteiger partial charge < -0.3 is 19.3 Å². The number of ether oxygens (including phenoxy) is 2. The summed E-state index contributed by atoms with van der Waals surface area (Å²) in [5.41, 5.74) is 0.955. The Kier molecular flexibility index (Phi) is 6.48. The van der Waals surface area contributed by atoms with E-state index in [1.54, 1.807) is 32.0 Å². The SMILES string of the molecule is COc1ccc(OC)c([C@H](C)NC(=O)[C@H](C)S(=O)(=O)Cc2cc(C)on2)c1. The van der Waals surface area contributed by atoms with Gasteiger partial charge in [0, 0.05) is 11.6 Å². The summed E-state index contributed by atoms with van der Waals surface area (Å²) < 4.78 is 40.4. The first-order chi connectivity index (χ1) is 12.7. The molecule has 2 atom stereocenters. The Labute approximate surface area is 158 Å². The van der Waals surface area contributed by atoms with Gasteiger partial charge in [0.25, 0.3) is 0 Å². The normalized spacial score (nSPS) is 13.7. The summed E-state index contributed by atoms with van der Waals surface area (Å²) in [7, 11) is -0.689. The summed E-state index contributed by atoms with van der Waals surface area (Å²) in [5.74, 6) is 0.713. The highest BCUT2D eigenvalue weighted by Crippen LogP contribution is 2.29. The zero-order chi connectivity index (χ0) is 20.2. The highest BCUT2D eigenvalue weighted by Gasteiger charge is 2.30. The molecule has 1 N–H and O–H groups in total. The molecular weight excluding hydrogens is 372 g/mol. The van der Waals surface area contributed by atoms with E-state index in [-0.39, 0.29) is 11.4 Å². The van der Waals surface area contributed by atoms with Crippen molar-refractivity contribution in [1.82, 2.24) is 10.5 Å². The average molecular weight is 396 g/mol. The van der Waals surface area contributed by atoms with Gasteiger partial charge in [-0.3, -0.25) is 4.79 Å². The first kappa shape index (κ1) is 20.8. The lowest BCUT2D eigenvalue weighted by Gasteiger charge is -2.20. The molecule has 0 aliphatic heterocycles. The number of aryl methyl sites for hydroxylation is 1. The second kappa shape index (κ2) is 8.43. The fraction of sp³-hybridized carbons (Fsp3) is 0.444. The minimum Gasteiger partial charge on any atom is -0.497 e. The van der Waals surface area contributed by atoms with E-state index in [0.29, 0.717) is 22.8 Å². The third-order valence-electron chi connectivity index (χ3n) is 4.20. The van der Waals surface area contributed by atoms with Crippen LogP contribution in [-0.2, 0) is 20.4 Å². The molecule has 1 aromatic heterocycles. The number of methoxy groups -OCH3 is 2.